The molecule has 2 rings (SSSR count). The zero-order valence-electron chi connectivity index (χ0n) is 10.9. The summed E-state index contributed by atoms with van der Waals surface area (Å²) >= 11 is 18.2. The van der Waals surface area contributed by atoms with Crippen LogP contribution < -0.4 is 0 Å². The summed E-state index contributed by atoms with van der Waals surface area (Å²) in [6.45, 7) is 0. The van der Waals surface area contributed by atoms with E-state index >= 15 is 0 Å². The van der Waals surface area contributed by atoms with E-state index in [1.54, 1.807) is 0 Å². The number of hydrogen-bond acceptors (Lipinski definition) is 3. The molecule has 0 saturated carbocycles. The average Bonchev–Trinajstić information content (AvgIpc) is 2.35. The molecular formula is C12H7Cl4FIO4P. The predicted octanol–water partition coefficient (Wildman–Crippen LogP) is 6.73. The molecule has 23 heavy (non-hydrogen) atoms. The molecule has 0 fully saturated rings. The molecule has 0 aliphatic carbocycles. The van der Waals surface area contributed by atoms with Crippen LogP contribution in [0.1, 0.15) is 0 Å². The molecule has 2 aromatic carbocycles. The van der Waals surface area contributed by atoms with E-state index < -0.39 is 26.7 Å². The van der Waals surface area contributed by atoms with Gasteiger partial charge in [-0.2, -0.15) is 0 Å². The second kappa shape index (κ2) is 7.22. The second-order valence-corrected chi connectivity index (χ2v) is 13.0. The van der Waals surface area contributed by atoms with Crippen molar-refractivity contribution in [2.75, 3.05) is 0 Å². The van der Waals surface area contributed by atoms with Gasteiger partial charge in [-0.05, 0) is 0 Å². The summed E-state index contributed by atoms with van der Waals surface area (Å²) in [6, 6.07) is 7.65. The molecule has 0 aliphatic heterocycles. The number of hydrogen-bond donors (Lipinski definition) is 1. The molecule has 0 aromatic heterocycles. The van der Waals surface area contributed by atoms with E-state index in [1.807, 2.05) is 0 Å². The van der Waals surface area contributed by atoms with Gasteiger partial charge in [-0.3, -0.25) is 0 Å². The summed E-state index contributed by atoms with van der Waals surface area (Å²) in [4.78, 5) is 8.94. The van der Waals surface area contributed by atoms with Crippen molar-refractivity contribution in [3.05, 3.63) is 63.6 Å². The molecule has 0 aliphatic rings. The number of benzene rings is 2. The molecule has 1 unspecified atom stereocenters. The Morgan fingerprint density at radius 3 is 1.65 bits per heavy atom. The Kier molecular flexibility index (Phi) is 6.13. The first-order chi connectivity index (χ1) is 10.5. The van der Waals surface area contributed by atoms with Gasteiger partial charge in [-0.25, -0.2) is 0 Å². The van der Waals surface area contributed by atoms with Crippen LogP contribution in [0.15, 0.2) is 36.4 Å². The van der Waals surface area contributed by atoms with Crippen LogP contribution in [0.5, 0.6) is 0 Å². The monoisotopic (exact) mass is 532 g/mol. The topological polar surface area (TPSA) is 63.6 Å². The van der Waals surface area contributed by atoms with Crippen molar-refractivity contribution in [1.29, 1.82) is 0 Å². The third kappa shape index (κ3) is 4.64. The van der Waals surface area contributed by atoms with Crippen LogP contribution in [0.25, 0.3) is 0 Å². The van der Waals surface area contributed by atoms with Crippen molar-refractivity contribution < 1.29 is 19.6 Å². The van der Waals surface area contributed by atoms with Gasteiger partial charge >= 0.3 is 156 Å². The van der Waals surface area contributed by atoms with Gasteiger partial charge in [0.2, 0.25) is 0 Å². The second-order valence-electron chi connectivity index (χ2n) is 4.10. The molecule has 1 atom stereocenters. The Balaban J connectivity index is 2.75. The van der Waals surface area contributed by atoms with Crippen molar-refractivity contribution >= 4 is 73.1 Å². The molecule has 0 radical (unpaired) electrons. The van der Waals surface area contributed by atoms with Crippen LogP contribution in [0.2, 0.25) is 20.1 Å². The van der Waals surface area contributed by atoms with Gasteiger partial charge in [0.25, 0.3) is 0 Å². The van der Waals surface area contributed by atoms with Crippen molar-refractivity contribution in [3.8, 4) is 0 Å². The first kappa shape index (κ1) is 19.5. The van der Waals surface area contributed by atoms with Crippen LogP contribution in [-0.4, -0.2) is 4.89 Å². The Bertz CT molecular complexity index is 801. The summed E-state index contributed by atoms with van der Waals surface area (Å²) in [5, 5.41) is 0.250. The van der Waals surface area contributed by atoms with Crippen LogP contribution in [0, 0.1) is 7.14 Å². The van der Waals surface area contributed by atoms with Crippen molar-refractivity contribution in [2.24, 2.45) is 0 Å². The summed E-state index contributed by atoms with van der Waals surface area (Å²) in [5.74, 6) is 0. The minimum absolute atomic E-state index is 0.108. The molecule has 0 saturated heterocycles. The van der Waals surface area contributed by atoms with Crippen LogP contribution >= 0.6 is 73.1 Å². The van der Waals surface area contributed by atoms with Crippen LogP contribution in [-0.2, 0) is 10.5 Å². The van der Waals surface area contributed by atoms with E-state index in [0.717, 1.165) is 0 Å². The molecule has 0 amide bonds. The molecule has 4 nitrogen and oxygen atoms in total. The van der Waals surface area contributed by atoms with Crippen LogP contribution in [0.4, 0.5) is 4.20 Å². The van der Waals surface area contributed by atoms with E-state index in [-0.39, 0.29) is 27.2 Å². The molecule has 1 N–H and O–H groups in total. The molecule has 0 bridgehead atoms. The SMILES string of the molecule is O=P(O)(F)OI(=O)(c1ccc(Cl)cc1Cl)c1ccc(Cl)cc1Cl. The maximum atomic E-state index is 13.3. The van der Waals surface area contributed by atoms with Crippen molar-refractivity contribution in [1.82, 2.24) is 0 Å². The van der Waals surface area contributed by atoms with Crippen LogP contribution in [0.3, 0.4) is 0 Å². The fraction of sp³-hybridized carbons (Fsp3) is 0. The van der Waals surface area contributed by atoms with Crippen molar-refractivity contribution in [2.45, 2.75) is 0 Å². The maximum absolute atomic E-state index is 13.3. The molecule has 11 heteroatoms. The van der Waals surface area contributed by atoms with Gasteiger partial charge < -0.3 is 0 Å². The third-order valence-corrected chi connectivity index (χ3v) is 12.6. The summed E-state index contributed by atoms with van der Waals surface area (Å²) in [6.07, 6.45) is 0. The van der Waals surface area contributed by atoms with Gasteiger partial charge in [-0.15, -0.1) is 0 Å². The minimum atomic E-state index is -5.60. The van der Waals surface area contributed by atoms with Gasteiger partial charge in [-0.1, -0.05) is 0 Å². The molecule has 0 spiro atoms. The van der Waals surface area contributed by atoms with E-state index in [4.69, 9.17) is 51.3 Å². The zero-order chi connectivity index (χ0) is 17.4. The van der Waals surface area contributed by atoms with Gasteiger partial charge in [0.1, 0.15) is 0 Å². The fourth-order valence-corrected chi connectivity index (χ4v) is 11.0. The Morgan fingerprint density at radius 2 is 1.35 bits per heavy atom. The normalized spacial score (nSPS) is 15.2. The van der Waals surface area contributed by atoms with Gasteiger partial charge in [0.15, 0.2) is 0 Å². The van der Waals surface area contributed by atoms with E-state index in [9.17, 15) is 11.8 Å². The van der Waals surface area contributed by atoms with Crippen molar-refractivity contribution in [3.63, 3.8) is 0 Å². The summed E-state index contributed by atoms with van der Waals surface area (Å²) < 4.78 is 41.8. The number of rotatable bonds is 4. The Hall–Kier alpha value is 0.210. The first-order valence-corrected chi connectivity index (χ1v) is 12.6. The first-order valence-electron chi connectivity index (χ1n) is 5.65. The predicted molar refractivity (Wildman–Crippen MR) is 97.0 cm³/mol. The molecule has 2 aromatic rings. The molecule has 126 valence electrons. The summed E-state index contributed by atoms with van der Waals surface area (Å²) in [5.41, 5.74) is 0. The van der Waals surface area contributed by atoms with E-state index in [0.29, 0.717) is 0 Å². The summed E-state index contributed by atoms with van der Waals surface area (Å²) in [7, 11) is -5.60. The Labute approximate surface area is 155 Å². The average molecular weight is 534 g/mol. The fourth-order valence-electron chi connectivity index (χ4n) is 1.65. The third-order valence-electron chi connectivity index (χ3n) is 2.48. The van der Waals surface area contributed by atoms with Gasteiger partial charge in [0, 0.05) is 0 Å². The standard InChI is InChI=1S/C12H7Cl4FIO4P/c13-7-1-3-11(9(15)5-7)18(19,22-23(17,20)21)12-4-2-8(14)6-10(12)16/h1-6H,(H,20,21). The molecule has 0 heterocycles. The van der Waals surface area contributed by atoms with E-state index in [1.165, 1.54) is 36.4 Å². The van der Waals surface area contributed by atoms with E-state index in [2.05, 4.69) is 2.85 Å². The van der Waals surface area contributed by atoms with Gasteiger partial charge in [0.05, 0.1) is 0 Å². The zero-order valence-corrected chi connectivity index (χ0v) is 16.9. The number of halogens is 6. The quantitative estimate of drug-likeness (QED) is 0.269. The Morgan fingerprint density at radius 1 is 0.957 bits per heavy atom. The molecular weight excluding hydrogens is 527 g/mol.